The lowest BCUT2D eigenvalue weighted by molar-refractivity contribution is 0.509. The SMILES string of the molecule is CC(C)CCS(=O)(=O)NC1CCCC1C#N. The van der Waals surface area contributed by atoms with E-state index in [1.807, 2.05) is 13.8 Å². The van der Waals surface area contributed by atoms with Crippen molar-refractivity contribution in [1.82, 2.24) is 4.72 Å². The van der Waals surface area contributed by atoms with Gasteiger partial charge in [0, 0.05) is 6.04 Å². The molecular weight excluding hydrogens is 224 g/mol. The van der Waals surface area contributed by atoms with Crippen molar-refractivity contribution in [2.24, 2.45) is 11.8 Å². The van der Waals surface area contributed by atoms with Crippen LogP contribution in [0.25, 0.3) is 0 Å². The van der Waals surface area contributed by atoms with Gasteiger partial charge in [0.25, 0.3) is 0 Å². The van der Waals surface area contributed by atoms with Crippen LogP contribution in [0.3, 0.4) is 0 Å². The fourth-order valence-electron chi connectivity index (χ4n) is 1.94. The number of nitriles is 1. The zero-order valence-corrected chi connectivity index (χ0v) is 10.8. The van der Waals surface area contributed by atoms with Gasteiger partial charge >= 0.3 is 0 Å². The third-order valence-electron chi connectivity index (χ3n) is 2.98. The van der Waals surface area contributed by atoms with Gasteiger partial charge in [0.15, 0.2) is 0 Å². The second kappa shape index (κ2) is 5.65. The Labute approximate surface area is 98.1 Å². The molecule has 4 nitrogen and oxygen atoms in total. The van der Waals surface area contributed by atoms with E-state index in [-0.39, 0.29) is 17.7 Å². The molecule has 0 amide bonds. The molecule has 0 heterocycles. The molecule has 1 rings (SSSR count). The Balaban J connectivity index is 2.49. The van der Waals surface area contributed by atoms with Gasteiger partial charge in [-0.05, 0) is 25.2 Å². The average molecular weight is 244 g/mol. The van der Waals surface area contributed by atoms with Crippen LogP contribution in [0.1, 0.15) is 39.5 Å². The number of rotatable bonds is 5. The first-order valence-electron chi connectivity index (χ1n) is 5.84. The molecule has 0 spiro atoms. The minimum atomic E-state index is -3.20. The van der Waals surface area contributed by atoms with Crippen LogP contribution < -0.4 is 4.72 Å². The van der Waals surface area contributed by atoms with E-state index < -0.39 is 10.0 Å². The third kappa shape index (κ3) is 4.11. The number of nitrogens with one attached hydrogen (secondary N) is 1. The second-order valence-corrected chi connectivity index (χ2v) is 6.77. The monoisotopic (exact) mass is 244 g/mol. The molecule has 0 saturated heterocycles. The summed E-state index contributed by atoms with van der Waals surface area (Å²) in [4.78, 5) is 0. The standard InChI is InChI=1S/C11H20N2O2S/c1-9(2)6-7-16(14,15)13-11-5-3-4-10(11)8-12/h9-11,13H,3-7H2,1-2H3. The molecule has 1 N–H and O–H groups in total. The van der Waals surface area contributed by atoms with Gasteiger partial charge in [0.1, 0.15) is 0 Å². The van der Waals surface area contributed by atoms with Gasteiger partial charge in [-0.3, -0.25) is 0 Å². The number of hydrogen-bond acceptors (Lipinski definition) is 3. The highest BCUT2D eigenvalue weighted by atomic mass is 32.2. The van der Waals surface area contributed by atoms with Crippen LogP contribution >= 0.6 is 0 Å². The summed E-state index contributed by atoms with van der Waals surface area (Å²) in [7, 11) is -3.20. The summed E-state index contributed by atoms with van der Waals surface area (Å²) in [6.07, 6.45) is 3.21. The molecule has 0 aromatic carbocycles. The predicted molar refractivity (Wildman–Crippen MR) is 63.1 cm³/mol. The van der Waals surface area contributed by atoms with Crippen molar-refractivity contribution in [3.05, 3.63) is 0 Å². The summed E-state index contributed by atoms with van der Waals surface area (Å²) in [5, 5.41) is 8.87. The largest absolute Gasteiger partial charge is 0.212 e. The molecule has 1 saturated carbocycles. The highest BCUT2D eigenvalue weighted by Crippen LogP contribution is 2.25. The van der Waals surface area contributed by atoms with E-state index in [4.69, 9.17) is 5.26 Å². The third-order valence-corrected chi connectivity index (χ3v) is 4.41. The lowest BCUT2D eigenvalue weighted by Crippen LogP contribution is -2.38. The smallest absolute Gasteiger partial charge is 0.211 e. The summed E-state index contributed by atoms with van der Waals surface area (Å²) < 4.78 is 26.1. The Kier molecular flexibility index (Phi) is 4.75. The molecule has 1 aliphatic rings. The topological polar surface area (TPSA) is 70.0 Å². The van der Waals surface area contributed by atoms with Crippen molar-refractivity contribution in [3.63, 3.8) is 0 Å². The van der Waals surface area contributed by atoms with Gasteiger partial charge in [-0.2, -0.15) is 5.26 Å². The molecule has 0 aliphatic heterocycles. The maximum Gasteiger partial charge on any atom is 0.211 e. The molecule has 16 heavy (non-hydrogen) atoms. The van der Waals surface area contributed by atoms with Crippen molar-refractivity contribution >= 4 is 10.0 Å². The summed E-state index contributed by atoms with van der Waals surface area (Å²) in [5.74, 6) is 0.403. The van der Waals surface area contributed by atoms with Crippen molar-refractivity contribution in [1.29, 1.82) is 5.26 Å². The van der Waals surface area contributed by atoms with E-state index in [1.165, 1.54) is 0 Å². The van der Waals surface area contributed by atoms with Crippen LogP contribution in [0, 0.1) is 23.2 Å². The van der Waals surface area contributed by atoms with E-state index in [9.17, 15) is 8.42 Å². The quantitative estimate of drug-likeness (QED) is 0.799. The molecule has 0 aromatic rings. The first-order chi connectivity index (χ1) is 7.44. The lowest BCUT2D eigenvalue weighted by atomic mass is 10.1. The van der Waals surface area contributed by atoms with Crippen LogP contribution in [0.5, 0.6) is 0 Å². The average Bonchev–Trinajstić information content (AvgIpc) is 2.61. The van der Waals surface area contributed by atoms with Crippen LogP contribution in [0.2, 0.25) is 0 Å². The maximum absolute atomic E-state index is 11.7. The fourth-order valence-corrected chi connectivity index (χ4v) is 3.58. The van der Waals surface area contributed by atoms with Gasteiger partial charge in [-0.15, -0.1) is 0 Å². The first kappa shape index (κ1) is 13.5. The normalized spacial score (nSPS) is 25.9. The molecule has 2 atom stereocenters. The van der Waals surface area contributed by atoms with Gasteiger partial charge in [-0.25, -0.2) is 13.1 Å². The Morgan fingerprint density at radius 3 is 2.69 bits per heavy atom. The van der Waals surface area contributed by atoms with Gasteiger partial charge in [-0.1, -0.05) is 20.3 Å². The summed E-state index contributed by atoms with van der Waals surface area (Å²) in [6, 6.07) is 2.01. The van der Waals surface area contributed by atoms with Crippen LogP contribution in [0.15, 0.2) is 0 Å². The highest BCUT2D eigenvalue weighted by Gasteiger charge is 2.30. The zero-order chi connectivity index (χ0) is 12.2. The summed E-state index contributed by atoms with van der Waals surface area (Å²) >= 11 is 0. The van der Waals surface area contributed by atoms with Crippen LogP contribution in [0.4, 0.5) is 0 Å². The van der Waals surface area contributed by atoms with Gasteiger partial charge in [0.2, 0.25) is 10.0 Å². The van der Waals surface area contributed by atoms with Crippen molar-refractivity contribution in [2.75, 3.05) is 5.75 Å². The Morgan fingerprint density at radius 1 is 1.44 bits per heavy atom. The van der Waals surface area contributed by atoms with Crippen LogP contribution in [-0.2, 0) is 10.0 Å². The highest BCUT2D eigenvalue weighted by molar-refractivity contribution is 7.89. The fraction of sp³-hybridized carbons (Fsp3) is 0.909. The molecule has 5 heteroatoms. The molecule has 2 unspecified atom stereocenters. The van der Waals surface area contributed by atoms with E-state index in [0.29, 0.717) is 12.3 Å². The molecule has 1 fully saturated rings. The second-order valence-electron chi connectivity index (χ2n) is 4.89. The van der Waals surface area contributed by atoms with E-state index in [1.54, 1.807) is 0 Å². The number of nitrogens with zero attached hydrogens (tertiary/aromatic N) is 1. The minimum Gasteiger partial charge on any atom is -0.212 e. The van der Waals surface area contributed by atoms with Crippen molar-refractivity contribution in [2.45, 2.75) is 45.6 Å². The number of hydrogen-bond donors (Lipinski definition) is 1. The summed E-state index contributed by atoms with van der Waals surface area (Å²) in [5.41, 5.74) is 0. The van der Waals surface area contributed by atoms with Gasteiger partial charge in [0.05, 0.1) is 17.7 Å². The molecule has 92 valence electrons. The molecule has 0 bridgehead atoms. The molecular formula is C11H20N2O2S. The van der Waals surface area contributed by atoms with E-state index in [0.717, 1.165) is 19.3 Å². The Morgan fingerprint density at radius 2 is 2.12 bits per heavy atom. The zero-order valence-electron chi connectivity index (χ0n) is 9.94. The summed E-state index contributed by atoms with van der Waals surface area (Å²) in [6.45, 7) is 4.01. The lowest BCUT2D eigenvalue weighted by Gasteiger charge is -2.16. The molecule has 0 radical (unpaired) electrons. The molecule has 1 aliphatic carbocycles. The number of sulfonamides is 1. The van der Waals surface area contributed by atoms with Gasteiger partial charge < -0.3 is 0 Å². The van der Waals surface area contributed by atoms with Crippen LogP contribution in [-0.4, -0.2) is 20.2 Å². The molecule has 0 aromatic heterocycles. The van der Waals surface area contributed by atoms with Crippen molar-refractivity contribution < 1.29 is 8.42 Å². The Hall–Kier alpha value is -0.600. The Bertz CT molecular complexity index is 357. The van der Waals surface area contributed by atoms with E-state index in [2.05, 4.69) is 10.8 Å². The van der Waals surface area contributed by atoms with Crippen molar-refractivity contribution in [3.8, 4) is 6.07 Å². The first-order valence-corrected chi connectivity index (χ1v) is 7.49. The predicted octanol–water partition coefficient (Wildman–Crippen LogP) is 1.64. The maximum atomic E-state index is 11.7. The van der Waals surface area contributed by atoms with E-state index >= 15 is 0 Å². The minimum absolute atomic E-state index is 0.145.